The maximum absolute atomic E-state index is 11.9. The van der Waals surface area contributed by atoms with Gasteiger partial charge in [-0.15, -0.1) is 0 Å². The standard InChI is InChI=1S/C17H21Cl2NO5/c1-4-10(2)16(17(23)24-3)20-14(21)9-25-15(22)8-11-5-6-12(18)13(19)7-11/h5-7,10,16H,4,8-9H2,1-3H3,(H,20,21)/t10-,16-/m0/s1. The molecule has 0 aliphatic rings. The molecule has 0 heterocycles. The van der Waals surface area contributed by atoms with Crippen molar-refractivity contribution in [3.8, 4) is 0 Å². The number of rotatable bonds is 8. The summed E-state index contributed by atoms with van der Waals surface area (Å²) in [5, 5.41) is 3.24. The van der Waals surface area contributed by atoms with Gasteiger partial charge in [0, 0.05) is 0 Å². The van der Waals surface area contributed by atoms with E-state index >= 15 is 0 Å². The fourth-order valence-electron chi connectivity index (χ4n) is 2.02. The maximum atomic E-state index is 11.9. The smallest absolute Gasteiger partial charge is 0.328 e. The third-order valence-corrected chi connectivity index (χ3v) is 4.42. The molecule has 1 amide bonds. The minimum Gasteiger partial charge on any atom is -0.467 e. The van der Waals surface area contributed by atoms with Crippen molar-refractivity contribution in [3.05, 3.63) is 33.8 Å². The third-order valence-electron chi connectivity index (χ3n) is 3.68. The Morgan fingerprint density at radius 1 is 1.20 bits per heavy atom. The number of esters is 2. The third kappa shape index (κ3) is 6.92. The number of amides is 1. The summed E-state index contributed by atoms with van der Waals surface area (Å²) in [5.41, 5.74) is 0.617. The van der Waals surface area contributed by atoms with Gasteiger partial charge in [0.2, 0.25) is 0 Å². The van der Waals surface area contributed by atoms with Gasteiger partial charge in [-0.2, -0.15) is 0 Å². The molecular formula is C17H21Cl2NO5. The normalized spacial score (nSPS) is 12.8. The molecule has 0 bridgehead atoms. The van der Waals surface area contributed by atoms with Crippen molar-refractivity contribution in [2.24, 2.45) is 5.92 Å². The van der Waals surface area contributed by atoms with Crippen LogP contribution in [0.25, 0.3) is 0 Å². The average Bonchev–Trinajstić information content (AvgIpc) is 2.59. The van der Waals surface area contributed by atoms with Crippen LogP contribution in [0.1, 0.15) is 25.8 Å². The molecule has 1 aromatic rings. The predicted octanol–water partition coefficient (Wildman–Crippen LogP) is 2.78. The molecule has 25 heavy (non-hydrogen) atoms. The van der Waals surface area contributed by atoms with Gasteiger partial charge in [-0.3, -0.25) is 9.59 Å². The van der Waals surface area contributed by atoms with Crippen molar-refractivity contribution in [1.82, 2.24) is 5.32 Å². The number of hydrogen-bond donors (Lipinski definition) is 1. The van der Waals surface area contributed by atoms with Crippen molar-refractivity contribution in [3.63, 3.8) is 0 Å². The van der Waals surface area contributed by atoms with Crippen molar-refractivity contribution in [2.45, 2.75) is 32.7 Å². The molecule has 0 radical (unpaired) electrons. The van der Waals surface area contributed by atoms with Gasteiger partial charge < -0.3 is 14.8 Å². The largest absolute Gasteiger partial charge is 0.467 e. The highest BCUT2D eigenvalue weighted by Crippen LogP contribution is 2.22. The number of carbonyl (C=O) groups is 3. The Hall–Kier alpha value is -1.79. The maximum Gasteiger partial charge on any atom is 0.328 e. The lowest BCUT2D eigenvalue weighted by molar-refractivity contribution is -0.150. The van der Waals surface area contributed by atoms with Crippen molar-refractivity contribution in [2.75, 3.05) is 13.7 Å². The lowest BCUT2D eigenvalue weighted by Gasteiger charge is -2.21. The predicted molar refractivity (Wildman–Crippen MR) is 94.5 cm³/mol. The lowest BCUT2D eigenvalue weighted by Crippen LogP contribution is -2.47. The molecule has 0 spiro atoms. The van der Waals surface area contributed by atoms with E-state index in [0.717, 1.165) is 0 Å². The fraction of sp³-hybridized carbons (Fsp3) is 0.471. The zero-order valence-corrected chi connectivity index (χ0v) is 15.8. The molecule has 0 saturated heterocycles. The highest BCUT2D eigenvalue weighted by atomic mass is 35.5. The number of benzene rings is 1. The molecule has 0 saturated carbocycles. The summed E-state index contributed by atoms with van der Waals surface area (Å²) in [6, 6.07) is 4.00. The Bertz CT molecular complexity index is 635. The van der Waals surface area contributed by atoms with Crippen LogP contribution in [0.4, 0.5) is 0 Å². The van der Waals surface area contributed by atoms with Gasteiger partial charge in [-0.25, -0.2) is 4.79 Å². The molecule has 0 aliphatic heterocycles. The monoisotopic (exact) mass is 389 g/mol. The zero-order valence-electron chi connectivity index (χ0n) is 14.3. The van der Waals surface area contributed by atoms with Crippen LogP contribution in [0.3, 0.4) is 0 Å². The SMILES string of the molecule is CC[C@H](C)[C@H](NC(=O)COC(=O)Cc1ccc(Cl)c(Cl)c1)C(=O)OC. The molecule has 8 heteroatoms. The second-order valence-corrected chi connectivity index (χ2v) is 6.35. The zero-order chi connectivity index (χ0) is 19.0. The van der Waals surface area contributed by atoms with Gasteiger partial charge >= 0.3 is 11.9 Å². The number of hydrogen-bond acceptors (Lipinski definition) is 5. The van der Waals surface area contributed by atoms with E-state index in [4.69, 9.17) is 27.9 Å². The molecule has 2 atom stereocenters. The van der Waals surface area contributed by atoms with Crippen molar-refractivity contribution >= 4 is 41.0 Å². The summed E-state index contributed by atoms with van der Waals surface area (Å²) < 4.78 is 9.60. The van der Waals surface area contributed by atoms with Gasteiger partial charge in [0.25, 0.3) is 5.91 Å². The van der Waals surface area contributed by atoms with E-state index in [1.807, 2.05) is 13.8 Å². The number of ether oxygens (including phenoxy) is 2. The van der Waals surface area contributed by atoms with E-state index in [0.29, 0.717) is 22.0 Å². The van der Waals surface area contributed by atoms with E-state index in [1.165, 1.54) is 7.11 Å². The van der Waals surface area contributed by atoms with Crippen molar-refractivity contribution < 1.29 is 23.9 Å². The Balaban J connectivity index is 2.52. The van der Waals surface area contributed by atoms with E-state index in [9.17, 15) is 14.4 Å². The molecule has 1 rings (SSSR count). The summed E-state index contributed by atoms with van der Waals surface area (Å²) in [6.07, 6.45) is 0.632. The van der Waals surface area contributed by atoms with Gasteiger partial charge in [-0.05, 0) is 23.6 Å². The van der Waals surface area contributed by atoms with Gasteiger partial charge in [0.05, 0.1) is 23.6 Å². The molecule has 1 N–H and O–H groups in total. The second kappa shape index (κ2) is 10.3. The Kier molecular flexibility index (Phi) is 8.72. The molecule has 0 aromatic heterocycles. The Morgan fingerprint density at radius 3 is 2.44 bits per heavy atom. The van der Waals surface area contributed by atoms with Crippen LogP contribution in [0.15, 0.2) is 18.2 Å². The van der Waals surface area contributed by atoms with E-state index in [2.05, 4.69) is 10.1 Å². The first kappa shape index (κ1) is 21.3. The second-order valence-electron chi connectivity index (χ2n) is 5.54. The van der Waals surface area contributed by atoms with Gasteiger partial charge in [0.1, 0.15) is 6.04 Å². The molecule has 138 valence electrons. The summed E-state index contributed by atoms with van der Waals surface area (Å²) in [6.45, 7) is 3.23. The van der Waals surface area contributed by atoms with Crippen LogP contribution in [0.5, 0.6) is 0 Å². The molecule has 6 nitrogen and oxygen atoms in total. The van der Waals surface area contributed by atoms with Crippen LogP contribution in [0, 0.1) is 5.92 Å². The van der Waals surface area contributed by atoms with E-state index < -0.39 is 30.5 Å². The first-order valence-corrected chi connectivity index (χ1v) is 8.50. The summed E-state index contributed by atoms with van der Waals surface area (Å²) in [7, 11) is 1.25. The minimum absolute atomic E-state index is 0.0457. The van der Waals surface area contributed by atoms with Gasteiger partial charge in [0.15, 0.2) is 6.61 Å². The quantitative estimate of drug-likeness (QED) is 0.691. The topological polar surface area (TPSA) is 81.7 Å². The lowest BCUT2D eigenvalue weighted by atomic mass is 9.99. The number of methoxy groups -OCH3 is 1. The minimum atomic E-state index is -0.781. The van der Waals surface area contributed by atoms with Crippen LogP contribution < -0.4 is 5.32 Å². The number of nitrogens with one attached hydrogen (secondary N) is 1. The Morgan fingerprint density at radius 2 is 1.88 bits per heavy atom. The van der Waals surface area contributed by atoms with Crippen LogP contribution in [-0.4, -0.2) is 37.6 Å². The van der Waals surface area contributed by atoms with Crippen LogP contribution in [-0.2, 0) is 30.3 Å². The summed E-state index contributed by atoms with van der Waals surface area (Å²) in [4.78, 5) is 35.4. The first-order valence-electron chi connectivity index (χ1n) is 7.75. The molecule has 0 aliphatic carbocycles. The highest BCUT2D eigenvalue weighted by Gasteiger charge is 2.26. The molecule has 1 aromatic carbocycles. The van der Waals surface area contributed by atoms with E-state index in [-0.39, 0.29) is 12.3 Å². The molecular weight excluding hydrogens is 369 g/mol. The Labute approximate surface area is 156 Å². The molecule has 0 fully saturated rings. The fourth-order valence-corrected chi connectivity index (χ4v) is 2.35. The van der Waals surface area contributed by atoms with E-state index in [1.54, 1.807) is 18.2 Å². The number of halogens is 2. The van der Waals surface area contributed by atoms with Crippen LogP contribution in [0.2, 0.25) is 10.0 Å². The van der Waals surface area contributed by atoms with Crippen molar-refractivity contribution in [1.29, 1.82) is 0 Å². The summed E-state index contributed by atoms with van der Waals surface area (Å²) >= 11 is 11.7. The summed E-state index contributed by atoms with van der Waals surface area (Å²) in [5.74, 6) is -1.81. The van der Waals surface area contributed by atoms with Gasteiger partial charge in [-0.1, -0.05) is 49.5 Å². The first-order chi connectivity index (χ1) is 11.8. The average molecular weight is 390 g/mol. The molecule has 0 unspecified atom stereocenters. The highest BCUT2D eigenvalue weighted by molar-refractivity contribution is 6.42. The van der Waals surface area contributed by atoms with Crippen LogP contribution >= 0.6 is 23.2 Å². The number of carbonyl (C=O) groups excluding carboxylic acids is 3.